The number of aryl methyl sites for hydroxylation is 1. The zero-order valence-electron chi connectivity index (χ0n) is 15.7. The van der Waals surface area contributed by atoms with Crippen molar-refractivity contribution in [1.82, 2.24) is 19.7 Å². The highest BCUT2D eigenvalue weighted by atomic mass is 19.3. The summed E-state index contributed by atoms with van der Waals surface area (Å²) in [6, 6.07) is 11.0. The lowest BCUT2D eigenvalue weighted by Gasteiger charge is -2.38. The number of rotatable bonds is 6. The maximum atomic E-state index is 12.2. The molecule has 1 aromatic carbocycles. The monoisotopic (exact) mass is 399 g/mol. The molecular formula is C20H19F2N5O2. The van der Waals surface area contributed by atoms with E-state index < -0.39 is 12.7 Å². The van der Waals surface area contributed by atoms with E-state index in [1.807, 2.05) is 31.2 Å². The summed E-state index contributed by atoms with van der Waals surface area (Å²) in [7, 11) is 0. The SMILES string of the molecule is Cc1ccc(Cn2nc(-c3cnc(N4CC(OC(F)F)C4)nc3)ccc2=O)cc1. The maximum absolute atomic E-state index is 12.2. The molecule has 7 nitrogen and oxygen atoms in total. The van der Waals surface area contributed by atoms with Crippen LogP contribution in [0, 0.1) is 6.92 Å². The van der Waals surface area contributed by atoms with Gasteiger partial charge in [-0.05, 0) is 18.6 Å². The quantitative estimate of drug-likeness (QED) is 0.634. The van der Waals surface area contributed by atoms with Crippen LogP contribution in [0.15, 0.2) is 53.6 Å². The molecule has 0 saturated carbocycles. The van der Waals surface area contributed by atoms with Gasteiger partial charge >= 0.3 is 6.61 Å². The minimum Gasteiger partial charge on any atom is -0.335 e. The van der Waals surface area contributed by atoms with Crippen LogP contribution < -0.4 is 10.5 Å². The lowest BCUT2D eigenvalue weighted by atomic mass is 10.1. The Kier molecular flexibility index (Phi) is 5.30. The van der Waals surface area contributed by atoms with Gasteiger partial charge in [0.25, 0.3) is 5.56 Å². The number of nitrogens with zero attached hydrogens (tertiary/aromatic N) is 5. The molecule has 150 valence electrons. The number of hydrogen-bond acceptors (Lipinski definition) is 6. The molecule has 3 aromatic rings. The van der Waals surface area contributed by atoms with Gasteiger partial charge in [-0.3, -0.25) is 4.79 Å². The first-order chi connectivity index (χ1) is 14.0. The van der Waals surface area contributed by atoms with Crippen LogP contribution >= 0.6 is 0 Å². The first-order valence-electron chi connectivity index (χ1n) is 9.12. The summed E-state index contributed by atoms with van der Waals surface area (Å²) in [5, 5.41) is 4.42. The molecule has 1 aliphatic rings. The number of alkyl halides is 2. The van der Waals surface area contributed by atoms with E-state index in [1.54, 1.807) is 23.4 Å². The molecule has 4 rings (SSSR count). The molecule has 0 N–H and O–H groups in total. The van der Waals surface area contributed by atoms with Gasteiger partial charge in [-0.15, -0.1) is 0 Å². The van der Waals surface area contributed by atoms with Crippen molar-refractivity contribution < 1.29 is 13.5 Å². The van der Waals surface area contributed by atoms with Gasteiger partial charge in [0.15, 0.2) is 0 Å². The molecule has 0 amide bonds. The fourth-order valence-corrected chi connectivity index (χ4v) is 3.03. The Bertz CT molecular complexity index is 1030. The summed E-state index contributed by atoms with van der Waals surface area (Å²) in [4.78, 5) is 22.5. The third-order valence-electron chi connectivity index (χ3n) is 4.68. The van der Waals surface area contributed by atoms with E-state index in [0.29, 0.717) is 36.8 Å². The molecule has 9 heteroatoms. The largest absolute Gasteiger partial charge is 0.345 e. The van der Waals surface area contributed by atoms with E-state index in [2.05, 4.69) is 19.8 Å². The third kappa shape index (κ3) is 4.45. The Balaban J connectivity index is 1.47. The van der Waals surface area contributed by atoms with Gasteiger partial charge in [0.05, 0.1) is 18.3 Å². The number of aromatic nitrogens is 4. The molecule has 1 fully saturated rings. The van der Waals surface area contributed by atoms with Gasteiger partial charge in [0.2, 0.25) is 5.95 Å². The van der Waals surface area contributed by atoms with Crippen molar-refractivity contribution in [3.05, 3.63) is 70.3 Å². The molecule has 0 radical (unpaired) electrons. The Morgan fingerprint density at radius 1 is 1.10 bits per heavy atom. The van der Waals surface area contributed by atoms with Gasteiger partial charge in [-0.1, -0.05) is 29.8 Å². The van der Waals surface area contributed by atoms with Gasteiger partial charge < -0.3 is 9.64 Å². The Labute approximate surface area is 165 Å². The predicted octanol–water partition coefficient (Wildman–Crippen LogP) is 2.48. The average Bonchev–Trinajstić information content (AvgIpc) is 2.68. The van der Waals surface area contributed by atoms with Gasteiger partial charge in [0.1, 0.15) is 0 Å². The first-order valence-corrected chi connectivity index (χ1v) is 9.12. The summed E-state index contributed by atoms with van der Waals surface area (Å²) in [5.41, 5.74) is 3.16. The second-order valence-electron chi connectivity index (χ2n) is 6.90. The van der Waals surface area contributed by atoms with Crippen LogP contribution in [0.25, 0.3) is 11.3 Å². The Hall–Kier alpha value is -3.20. The van der Waals surface area contributed by atoms with Crippen LogP contribution in [-0.2, 0) is 11.3 Å². The summed E-state index contributed by atoms with van der Waals surface area (Å²) in [6.07, 6.45) is 2.70. The molecule has 0 atom stereocenters. The van der Waals surface area contributed by atoms with Crippen LogP contribution in [0.5, 0.6) is 0 Å². The summed E-state index contributed by atoms with van der Waals surface area (Å²) >= 11 is 0. The summed E-state index contributed by atoms with van der Waals surface area (Å²) in [5.74, 6) is 0.441. The zero-order chi connectivity index (χ0) is 20.4. The minimum atomic E-state index is -2.77. The maximum Gasteiger partial charge on any atom is 0.345 e. The standard InChI is InChI=1S/C20H19F2N5O2/c1-13-2-4-14(5-3-13)10-27-18(28)7-6-17(25-27)15-8-23-20(24-9-15)26-11-16(12-26)29-19(21)22/h2-9,16,19H,10-12H2,1H3. The van der Waals surface area contributed by atoms with E-state index >= 15 is 0 Å². The lowest BCUT2D eigenvalue weighted by Crippen LogP contribution is -2.53. The molecular weight excluding hydrogens is 380 g/mol. The summed E-state index contributed by atoms with van der Waals surface area (Å²) < 4.78 is 30.2. The number of ether oxygens (including phenoxy) is 1. The molecule has 0 spiro atoms. The Morgan fingerprint density at radius 2 is 1.79 bits per heavy atom. The van der Waals surface area contributed by atoms with Gasteiger partial charge in [-0.2, -0.15) is 13.9 Å². The van der Waals surface area contributed by atoms with Crippen LogP contribution in [-0.4, -0.2) is 45.6 Å². The van der Waals surface area contributed by atoms with Crippen molar-refractivity contribution in [3.63, 3.8) is 0 Å². The third-order valence-corrected chi connectivity index (χ3v) is 4.68. The molecule has 0 aliphatic carbocycles. The van der Waals surface area contributed by atoms with Gasteiger partial charge in [0, 0.05) is 37.1 Å². The Morgan fingerprint density at radius 3 is 2.45 bits per heavy atom. The molecule has 29 heavy (non-hydrogen) atoms. The fraction of sp³-hybridized carbons (Fsp3) is 0.300. The van der Waals surface area contributed by atoms with E-state index in [1.165, 1.54) is 10.7 Å². The van der Waals surface area contributed by atoms with Crippen molar-refractivity contribution in [3.8, 4) is 11.3 Å². The van der Waals surface area contributed by atoms with Crippen molar-refractivity contribution >= 4 is 5.95 Å². The predicted molar refractivity (Wildman–Crippen MR) is 103 cm³/mol. The van der Waals surface area contributed by atoms with E-state index in [-0.39, 0.29) is 5.56 Å². The van der Waals surface area contributed by atoms with Crippen molar-refractivity contribution in [2.45, 2.75) is 26.2 Å². The van der Waals surface area contributed by atoms with E-state index in [9.17, 15) is 13.6 Å². The topological polar surface area (TPSA) is 73.1 Å². The second kappa shape index (κ2) is 8.04. The lowest BCUT2D eigenvalue weighted by molar-refractivity contribution is -0.167. The second-order valence-corrected chi connectivity index (χ2v) is 6.90. The van der Waals surface area contributed by atoms with Crippen LogP contribution in [0.3, 0.4) is 0 Å². The van der Waals surface area contributed by atoms with Crippen molar-refractivity contribution in [2.75, 3.05) is 18.0 Å². The fourth-order valence-electron chi connectivity index (χ4n) is 3.03. The molecule has 1 aliphatic heterocycles. The smallest absolute Gasteiger partial charge is 0.335 e. The van der Waals surface area contributed by atoms with Crippen LogP contribution in [0.2, 0.25) is 0 Å². The number of hydrogen-bond donors (Lipinski definition) is 0. The van der Waals surface area contributed by atoms with E-state index in [4.69, 9.17) is 0 Å². The molecule has 3 heterocycles. The highest BCUT2D eigenvalue weighted by Crippen LogP contribution is 2.21. The van der Waals surface area contributed by atoms with Gasteiger partial charge in [-0.25, -0.2) is 14.6 Å². The molecule has 2 aromatic heterocycles. The first kappa shape index (κ1) is 19.1. The van der Waals surface area contributed by atoms with Crippen LogP contribution in [0.1, 0.15) is 11.1 Å². The normalized spacial score (nSPS) is 14.3. The number of halogens is 2. The van der Waals surface area contributed by atoms with Crippen molar-refractivity contribution in [1.29, 1.82) is 0 Å². The highest BCUT2D eigenvalue weighted by Gasteiger charge is 2.31. The number of anilines is 1. The molecule has 0 bridgehead atoms. The number of benzene rings is 1. The molecule has 0 unspecified atom stereocenters. The van der Waals surface area contributed by atoms with Crippen molar-refractivity contribution in [2.24, 2.45) is 0 Å². The van der Waals surface area contributed by atoms with Crippen LogP contribution in [0.4, 0.5) is 14.7 Å². The average molecular weight is 399 g/mol. The summed E-state index contributed by atoms with van der Waals surface area (Å²) in [6.45, 7) is 0.245. The van der Waals surface area contributed by atoms with E-state index in [0.717, 1.165) is 11.1 Å². The zero-order valence-corrected chi connectivity index (χ0v) is 15.7. The minimum absolute atomic E-state index is 0.197. The highest BCUT2D eigenvalue weighted by molar-refractivity contribution is 5.56. The molecule has 1 saturated heterocycles.